The fraction of sp³-hybridized carbons (Fsp3) is 0.267. The Hall–Kier alpha value is -2.61. The molecule has 2 aromatic rings. The number of carboxylic acid groups (broad SMARTS) is 1. The normalized spacial score (nSPS) is 10.2. The minimum Gasteiger partial charge on any atom is -0.496 e. The molecule has 1 aromatic carbocycles. The summed E-state index contributed by atoms with van der Waals surface area (Å²) < 4.78 is 10.6. The third kappa shape index (κ3) is 4.68. The van der Waals surface area contributed by atoms with E-state index >= 15 is 0 Å². The number of ether oxygens (including phenoxy) is 2. The molecule has 0 aliphatic carbocycles. The van der Waals surface area contributed by atoms with E-state index in [9.17, 15) is 9.59 Å². The number of nitrogens with one attached hydrogen (secondary N) is 1. The molecule has 0 bridgehead atoms. The molecule has 1 aromatic heterocycles. The van der Waals surface area contributed by atoms with Gasteiger partial charge in [0.25, 0.3) is 5.91 Å². The monoisotopic (exact) mass is 336 g/mol. The van der Waals surface area contributed by atoms with Gasteiger partial charge in [0, 0.05) is 5.38 Å². The van der Waals surface area contributed by atoms with Crippen molar-refractivity contribution in [1.29, 1.82) is 0 Å². The highest BCUT2D eigenvalue weighted by molar-refractivity contribution is 7.09. The van der Waals surface area contributed by atoms with Crippen LogP contribution < -0.4 is 14.8 Å². The Morgan fingerprint density at radius 3 is 2.78 bits per heavy atom. The Balaban J connectivity index is 1.80. The Kier molecular flexibility index (Phi) is 5.53. The fourth-order valence-corrected chi connectivity index (χ4v) is 2.51. The summed E-state index contributed by atoms with van der Waals surface area (Å²) in [5.41, 5.74) is 0.888. The van der Waals surface area contributed by atoms with Crippen LogP contribution >= 0.6 is 11.3 Å². The zero-order valence-electron chi connectivity index (χ0n) is 12.7. The van der Waals surface area contributed by atoms with Crippen LogP contribution in [-0.2, 0) is 11.3 Å². The van der Waals surface area contributed by atoms with Crippen molar-refractivity contribution >= 4 is 23.2 Å². The quantitative estimate of drug-likeness (QED) is 0.801. The van der Waals surface area contributed by atoms with Gasteiger partial charge in [0.15, 0.2) is 12.3 Å². The van der Waals surface area contributed by atoms with Crippen LogP contribution in [0.15, 0.2) is 23.6 Å². The molecule has 2 N–H and O–H groups in total. The van der Waals surface area contributed by atoms with Crippen molar-refractivity contribution in [2.24, 2.45) is 0 Å². The van der Waals surface area contributed by atoms with Crippen molar-refractivity contribution in [3.63, 3.8) is 0 Å². The van der Waals surface area contributed by atoms with Gasteiger partial charge in [-0.25, -0.2) is 9.78 Å². The van der Waals surface area contributed by atoms with Gasteiger partial charge in [-0.1, -0.05) is 0 Å². The summed E-state index contributed by atoms with van der Waals surface area (Å²) in [6.45, 7) is 1.92. The number of benzene rings is 1. The maximum atomic E-state index is 11.7. The van der Waals surface area contributed by atoms with Crippen molar-refractivity contribution in [2.45, 2.75) is 13.5 Å². The van der Waals surface area contributed by atoms with Crippen LogP contribution in [-0.4, -0.2) is 35.7 Å². The molecule has 0 fully saturated rings. The number of thiazole rings is 1. The molecular weight excluding hydrogens is 320 g/mol. The first-order valence-electron chi connectivity index (χ1n) is 6.71. The van der Waals surface area contributed by atoms with E-state index in [-0.39, 0.29) is 24.8 Å². The third-order valence-corrected chi connectivity index (χ3v) is 3.79. The van der Waals surface area contributed by atoms with Crippen LogP contribution in [0.2, 0.25) is 0 Å². The average molecular weight is 336 g/mol. The molecule has 8 heteroatoms. The van der Waals surface area contributed by atoms with Crippen LogP contribution in [0.3, 0.4) is 0 Å². The third-order valence-electron chi connectivity index (χ3n) is 2.94. The summed E-state index contributed by atoms with van der Waals surface area (Å²) >= 11 is 1.18. The number of aromatic nitrogens is 1. The molecule has 7 nitrogen and oxygen atoms in total. The van der Waals surface area contributed by atoms with Gasteiger partial charge < -0.3 is 19.9 Å². The Morgan fingerprint density at radius 1 is 1.39 bits per heavy atom. The minimum atomic E-state index is -1.09. The molecule has 23 heavy (non-hydrogen) atoms. The van der Waals surface area contributed by atoms with E-state index in [1.807, 2.05) is 6.92 Å². The summed E-state index contributed by atoms with van der Waals surface area (Å²) in [5, 5.41) is 13.4. The number of aryl methyl sites for hydroxylation is 1. The molecule has 0 aliphatic heterocycles. The highest BCUT2D eigenvalue weighted by atomic mass is 32.1. The molecule has 0 unspecified atom stereocenters. The van der Waals surface area contributed by atoms with Crippen LogP contribution in [0.25, 0.3) is 0 Å². The summed E-state index contributed by atoms with van der Waals surface area (Å²) in [6, 6.07) is 5.27. The first-order valence-corrected chi connectivity index (χ1v) is 7.59. The predicted octanol–water partition coefficient (Wildman–Crippen LogP) is 1.85. The first-order chi connectivity index (χ1) is 11.0. The Labute approximate surface area is 136 Å². The smallest absolute Gasteiger partial charge is 0.355 e. The van der Waals surface area contributed by atoms with Gasteiger partial charge in [-0.2, -0.15) is 0 Å². The van der Waals surface area contributed by atoms with Gasteiger partial charge in [-0.05, 0) is 30.7 Å². The second kappa shape index (κ2) is 7.59. The van der Waals surface area contributed by atoms with Crippen LogP contribution in [0.1, 0.15) is 21.1 Å². The summed E-state index contributed by atoms with van der Waals surface area (Å²) in [6.07, 6.45) is 0. The van der Waals surface area contributed by atoms with Crippen molar-refractivity contribution in [3.05, 3.63) is 39.8 Å². The molecule has 0 saturated carbocycles. The van der Waals surface area contributed by atoms with E-state index in [1.165, 1.54) is 16.7 Å². The second-order valence-electron chi connectivity index (χ2n) is 4.63. The number of rotatable bonds is 7. The van der Waals surface area contributed by atoms with Gasteiger partial charge in [0.2, 0.25) is 0 Å². The van der Waals surface area contributed by atoms with Crippen LogP contribution in [0.5, 0.6) is 11.5 Å². The van der Waals surface area contributed by atoms with Gasteiger partial charge in [-0.3, -0.25) is 4.79 Å². The number of hydrogen-bond acceptors (Lipinski definition) is 6. The number of hydrogen-bond donors (Lipinski definition) is 2. The lowest BCUT2D eigenvalue weighted by molar-refractivity contribution is -0.123. The number of carbonyl (C=O) groups is 2. The molecule has 0 spiro atoms. The lowest BCUT2D eigenvalue weighted by Crippen LogP contribution is -2.28. The van der Waals surface area contributed by atoms with Crippen molar-refractivity contribution in [3.8, 4) is 11.5 Å². The largest absolute Gasteiger partial charge is 0.496 e. The molecule has 1 amide bonds. The molecule has 122 valence electrons. The number of nitrogens with zero attached hydrogens (tertiary/aromatic N) is 1. The number of carboxylic acids is 1. The van der Waals surface area contributed by atoms with Crippen LogP contribution in [0.4, 0.5) is 0 Å². The van der Waals surface area contributed by atoms with E-state index in [0.29, 0.717) is 10.8 Å². The van der Waals surface area contributed by atoms with Gasteiger partial charge in [0.1, 0.15) is 16.5 Å². The van der Waals surface area contributed by atoms with Crippen molar-refractivity contribution < 1.29 is 24.2 Å². The topological polar surface area (TPSA) is 97.8 Å². The molecule has 1 heterocycles. The van der Waals surface area contributed by atoms with Gasteiger partial charge >= 0.3 is 5.97 Å². The Morgan fingerprint density at radius 2 is 2.17 bits per heavy atom. The van der Waals surface area contributed by atoms with Crippen molar-refractivity contribution in [1.82, 2.24) is 10.3 Å². The number of methoxy groups -OCH3 is 1. The van der Waals surface area contributed by atoms with Crippen LogP contribution in [0, 0.1) is 6.92 Å². The molecule has 2 rings (SSSR count). The number of amides is 1. The second-order valence-corrected chi connectivity index (χ2v) is 5.57. The summed E-state index contributed by atoms with van der Waals surface area (Å²) in [4.78, 5) is 26.3. The Bertz CT molecular complexity index is 714. The molecule has 0 atom stereocenters. The van der Waals surface area contributed by atoms with E-state index < -0.39 is 5.97 Å². The fourth-order valence-electron chi connectivity index (χ4n) is 1.81. The first kappa shape index (κ1) is 16.8. The summed E-state index contributed by atoms with van der Waals surface area (Å²) in [7, 11) is 1.59. The van der Waals surface area contributed by atoms with E-state index in [2.05, 4.69) is 10.3 Å². The lowest BCUT2D eigenvalue weighted by atomic mass is 10.2. The standard InChI is InChI=1S/C15H16N2O5S/c1-9-5-10(3-4-12(9)21-2)22-7-13(18)16-6-14-17-11(8-23-14)15(19)20/h3-5,8H,6-7H2,1-2H3,(H,16,18)(H,19,20). The van der Waals surface area contributed by atoms with E-state index in [0.717, 1.165) is 11.3 Å². The molecule has 0 saturated heterocycles. The highest BCUT2D eigenvalue weighted by Gasteiger charge is 2.10. The molecule has 0 radical (unpaired) electrons. The zero-order valence-corrected chi connectivity index (χ0v) is 13.5. The minimum absolute atomic E-state index is 0.0239. The number of aromatic carboxylic acids is 1. The SMILES string of the molecule is COc1ccc(OCC(=O)NCc2nc(C(=O)O)cs2)cc1C. The maximum Gasteiger partial charge on any atom is 0.355 e. The van der Waals surface area contributed by atoms with Gasteiger partial charge in [0.05, 0.1) is 13.7 Å². The van der Waals surface area contributed by atoms with Crippen molar-refractivity contribution in [2.75, 3.05) is 13.7 Å². The number of carbonyl (C=O) groups excluding carboxylic acids is 1. The van der Waals surface area contributed by atoms with Gasteiger partial charge in [-0.15, -0.1) is 11.3 Å². The van der Waals surface area contributed by atoms with E-state index in [4.69, 9.17) is 14.6 Å². The predicted molar refractivity (Wildman–Crippen MR) is 84.1 cm³/mol. The highest BCUT2D eigenvalue weighted by Crippen LogP contribution is 2.22. The molecular formula is C15H16N2O5S. The zero-order chi connectivity index (χ0) is 16.8. The maximum absolute atomic E-state index is 11.7. The summed E-state index contributed by atoms with van der Waals surface area (Å²) in [5.74, 6) is -0.0803. The van der Waals surface area contributed by atoms with E-state index in [1.54, 1.807) is 25.3 Å². The molecule has 0 aliphatic rings. The average Bonchev–Trinajstić information content (AvgIpc) is 3.00. The lowest BCUT2D eigenvalue weighted by Gasteiger charge is -2.09.